The van der Waals surface area contributed by atoms with E-state index in [4.69, 9.17) is 5.73 Å². The standard InChI is InChI=1S/C17H14BrN5/c1-11-15(23-22-14-10-6-5-9-13(14)18)16(21-17(19)20-11)12-7-3-2-4-8-12/h2-10H,1H3,(H2,19,20,21). The van der Waals surface area contributed by atoms with Gasteiger partial charge in [0.15, 0.2) is 0 Å². The maximum atomic E-state index is 5.80. The van der Waals surface area contributed by atoms with E-state index in [9.17, 15) is 0 Å². The number of benzene rings is 2. The minimum Gasteiger partial charge on any atom is -0.368 e. The second-order valence-corrected chi connectivity index (χ2v) is 5.74. The molecule has 0 aliphatic rings. The van der Waals surface area contributed by atoms with Crippen LogP contribution in [-0.2, 0) is 0 Å². The molecular weight excluding hydrogens is 354 g/mol. The van der Waals surface area contributed by atoms with Crippen LogP contribution in [0.1, 0.15) is 5.69 Å². The Morgan fingerprint density at radius 3 is 2.35 bits per heavy atom. The van der Waals surface area contributed by atoms with Crippen molar-refractivity contribution in [3.8, 4) is 11.3 Å². The number of hydrogen-bond acceptors (Lipinski definition) is 5. The number of nitrogen functional groups attached to an aromatic ring is 1. The highest BCUT2D eigenvalue weighted by atomic mass is 79.9. The summed E-state index contributed by atoms with van der Waals surface area (Å²) in [6, 6.07) is 17.4. The Balaban J connectivity index is 2.10. The van der Waals surface area contributed by atoms with E-state index in [0.29, 0.717) is 17.1 Å². The molecule has 3 aromatic rings. The Morgan fingerprint density at radius 1 is 0.913 bits per heavy atom. The lowest BCUT2D eigenvalue weighted by molar-refractivity contribution is 1.08. The van der Waals surface area contributed by atoms with Crippen molar-refractivity contribution in [3.63, 3.8) is 0 Å². The zero-order valence-electron chi connectivity index (χ0n) is 12.4. The average Bonchev–Trinajstić information content (AvgIpc) is 2.56. The number of hydrogen-bond donors (Lipinski definition) is 1. The molecule has 114 valence electrons. The van der Waals surface area contributed by atoms with Gasteiger partial charge < -0.3 is 5.73 Å². The van der Waals surface area contributed by atoms with E-state index < -0.39 is 0 Å². The first-order valence-corrected chi connectivity index (χ1v) is 7.80. The summed E-state index contributed by atoms with van der Waals surface area (Å²) in [7, 11) is 0. The molecule has 0 aliphatic heterocycles. The maximum absolute atomic E-state index is 5.80. The molecule has 0 aliphatic carbocycles. The molecule has 0 radical (unpaired) electrons. The molecule has 0 fully saturated rings. The Morgan fingerprint density at radius 2 is 1.61 bits per heavy atom. The Bertz CT molecular complexity index is 862. The van der Waals surface area contributed by atoms with Gasteiger partial charge in [-0.3, -0.25) is 0 Å². The maximum Gasteiger partial charge on any atom is 0.220 e. The second kappa shape index (κ2) is 6.66. The van der Waals surface area contributed by atoms with E-state index in [1.54, 1.807) is 0 Å². The molecule has 0 spiro atoms. The number of anilines is 1. The summed E-state index contributed by atoms with van der Waals surface area (Å²) in [5.74, 6) is 0.223. The van der Waals surface area contributed by atoms with Crippen LogP contribution in [0, 0.1) is 6.92 Å². The molecule has 2 aromatic carbocycles. The molecule has 1 heterocycles. The zero-order chi connectivity index (χ0) is 16.2. The first-order chi connectivity index (χ1) is 11.1. The van der Waals surface area contributed by atoms with Crippen LogP contribution in [0.4, 0.5) is 17.3 Å². The minimum absolute atomic E-state index is 0.223. The van der Waals surface area contributed by atoms with Crippen LogP contribution in [0.5, 0.6) is 0 Å². The summed E-state index contributed by atoms with van der Waals surface area (Å²) < 4.78 is 0.874. The molecular formula is C17H14BrN5. The number of nitrogens with two attached hydrogens (primary N) is 1. The van der Waals surface area contributed by atoms with Gasteiger partial charge in [0.2, 0.25) is 5.95 Å². The van der Waals surface area contributed by atoms with Crippen LogP contribution in [0.3, 0.4) is 0 Å². The third-order valence-electron chi connectivity index (χ3n) is 3.23. The molecule has 0 amide bonds. The minimum atomic E-state index is 0.223. The smallest absolute Gasteiger partial charge is 0.220 e. The lowest BCUT2D eigenvalue weighted by Crippen LogP contribution is -1.99. The first-order valence-electron chi connectivity index (χ1n) is 7.01. The van der Waals surface area contributed by atoms with Gasteiger partial charge in [0.05, 0.1) is 11.4 Å². The SMILES string of the molecule is Cc1nc(N)nc(-c2ccccc2)c1N=Nc1ccccc1Br. The summed E-state index contributed by atoms with van der Waals surface area (Å²) >= 11 is 3.46. The van der Waals surface area contributed by atoms with Gasteiger partial charge in [-0.2, -0.15) is 0 Å². The van der Waals surface area contributed by atoms with Gasteiger partial charge in [0, 0.05) is 10.0 Å². The molecule has 23 heavy (non-hydrogen) atoms. The van der Waals surface area contributed by atoms with Crippen molar-refractivity contribution in [3.05, 3.63) is 64.8 Å². The summed E-state index contributed by atoms with van der Waals surface area (Å²) in [5.41, 5.74) is 9.43. The molecule has 2 N–H and O–H groups in total. The van der Waals surface area contributed by atoms with E-state index in [1.165, 1.54) is 0 Å². The Kier molecular flexibility index (Phi) is 4.43. The summed E-state index contributed by atoms with van der Waals surface area (Å²) in [6.45, 7) is 1.85. The average molecular weight is 368 g/mol. The van der Waals surface area contributed by atoms with Crippen LogP contribution in [0.2, 0.25) is 0 Å². The quantitative estimate of drug-likeness (QED) is 0.645. The van der Waals surface area contributed by atoms with Crippen molar-refractivity contribution in [1.29, 1.82) is 0 Å². The Hall–Kier alpha value is -2.60. The zero-order valence-corrected chi connectivity index (χ0v) is 14.0. The molecule has 3 rings (SSSR count). The predicted octanol–water partition coefficient (Wildman–Crippen LogP) is 5.21. The van der Waals surface area contributed by atoms with Crippen molar-refractivity contribution in [2.24, 2.45) is 10.2 Å². The van der Waals surface area contributed by atoms with E-state index in [-0.39, 0.29) is 5.95 Å². The van der Waals surface area contributed by atoms with Crippen LogP contribution in [0.25, 0.3) is 11.3 Å². The van der Waals surface area contributed by atoms with Crippen molar-refractivity contribution in [2.45, 2.75) is 6.92 Å². The van der Waals surface area contributed by atoms with Crippen molar-refractivity contribution >= 4 is 33.3 Å². The fraction of sp³-hybridized carbons (Fsp3) is 0.0588. The fourth-order valence-electron chi connectivity index (χ4n) is 2.14. The third kappa shape index (κ3) is 3.43. The van der Waals surface area contributed by atoms with Crippen LogP contribution in [0.15, 0.2) is 69.3 Å². The highest BCUT2D eigenvalue weighted by molar-refractivity contribution is 9.10. The molecule has 1 aromatic heterocycles. The summed E-state index contributed by atoms with van der Waals surface area (Å²) in [4.78, 5) is 8.54. The molecule has 0 saturated carbocycles. The van der Waals surface area contributed by atoms with Crippen molar-refractivity contribution < 1.29 is 0 Å². The number of rotatable bonds is 3. The fourth-order valence-corrected chi connectivity index (χ4v) is 2.51. The van der Waals surface area contributed by atoms with E-state index in [0.717, 1.165) is 15.7 Å². The number of azo groups is 1. The van der Waals surface area contributed by atoms with E-state index in [1.807, 2.05) is 61.5 Å². The number of nitrogens with zero attached hydrogens (tertiary/aromatic N) is 4. The summed E-state index contributed by atoms with van der Waals surface area (Å²) in [5, 5.41) is 8.68. The van der Waals surface area contributed by atoms with Gasteiger partial charge in [-0.1, -0.05) is 42.5 Å². The molecule has 0 unspecified atom stereocenters. The van der Waals surface area contributed by atoms with E-state index in [2.05, 4.69) is 36.1 Å². The highest BCUT2D eigenvalue weighted by Gasteiger charge is 2.12. The van der Waals surface area contributed by atoms with Gasteiger partial charge in [-0.25, -0.2) is 9.97 Å². The molecule has 0 bridgehead atoms. The topological polar surface area (TPSA) is 76.5 Å². The van der Waals surface area contributed by atoms with Gasteiger partial charge in [-0.15, -0.1) is 10.2 Å². The largest absolute Gasteiger partial charge is 0.368 e. The lowest BCUT2D eigenvalue weighted by Gasteiger charge is -2.08. The molecule has 0 saturated heterocycles. The highest BCUT2D eigenvalue weighted by Crippen LogP contribution is 2.33. The van der Waals surface area contributed by atoms with Crippen LogP contribution in [-0.4, -0.2) is 9.97 Å². The van der Waals surface area contributed by atoms with Gasteiger partial charge in [-0.05, 0) is 35.0 Å². The molecule has 0 atom stereocenters. The number of aromatic nitrogens is 2. The van der Waals surface area contributed by atoms with Crippen LogP contribution >= 0.6 is 15.9 Å². The first kappa shape index (κ1) is 15.3. The Labute approximate surface area is 142 Å². The third-order valence-corrected chi connectivity index (χ3v) is 3.90. The lowest BCUT2D eigenvalue weighted by atomic mass is 10.1. The molecule has 6 heteroatoms. The van der Waals surface area contributed by atoms with Crippen molar-refractivity contribution in [2.75, 3.05) is 5.73 Å². The predicted molar refractivity (Wildman–Crippen MR) is 94.9 cm³/mol. The number of halogens is 1. The number of aryl methyl sites for hydroxylation is 1. The van der Waals surface area contributed by atoms with Crippen LogP contribution < -0.4 is 5.73 Å². The monoisotopic (exact) mass is 367 g/mol. The van der Waals surface area contributed by atoms with Gasteiger partial charge in [0.1, 0.15) is 11.4 Å². The molecule has 5 nitrogen and oxygen atoms in total. The summed E-state index contributed by atoms with van der Waals surface area (Å²) in [6.07, 6.45) is 0. The van der Waals surface area contributed by atoms with Crippen molar-refractivity contribution in [1.82, 2.24) is 9.97 Å². The second-order valence-electron chi connectivity index (χ2n) is 4.88. The normalized spacial score (nSPS) is 11.0. The van der Waals surface area contributed by atoms with Gasteiger partial charge >= 0.3 is 0 Å². The van der Waals surface area contributed by atoms with E-state index >= 15 is 0 Å². The van der Waals surface area contributed by atoms with Gasteiger partial charge in [0.25, 0.3) is 0 Å².